The van der Waals surface area contributed by atoms with Crippen LogP contribution in [0.2, 0.25) is 0 Å². The molecule has 1 fully saturated rings. The summed E-state index contributed by atoms with van der Waals surface area (Å²) < 4.78 is 11.4. The van der Waals surface area contributed by atoms with Crippen molar-refractivity contribution in [1.29, 1.82) is 0 Å². The summed E-state index contributed by atoms with van der Waals surface area (Å²) in [7, 11) is 0. The van der Waals surface area contributed by atoms with Gasteiger partial charge in [-0.05, 0) is 12.8 Å². The standard InChI is InChI=1S/C72H143NO8/c1-3-5-7-9-11-13-15-17-19-21-23-25-27-29-31-32-33-34-35-36-37-39-41-43-45-47-49-51-53-55-57-59-61-66(75)65(64-80-72-71(79)70(78)69(77)67(63-74)81-72)73-68(76)62-60-58-56-54-52-50-48-46-44-42-40-38-30-28-26-24-22-20-18-16-14-12-10-8-6-4-2/h65-67,69-72,74-75,77-79H,3-64H2,1-2H3,(H,73,76). The Balaban J connectivity index is 2.07. The van der Waals surface area contributed by atoms with Crippen LogP contribution in [0.4, 0.5) is 0 Å². The van der Waals surface area contributed by atoms with E-state index >= 15 is 0 Å². The minimum atomic E-state index is -1.55. The van der Waals surface area contributed by atoms with Gasteiger partial charge in [0.05, 0.1) is 25.4 Å². The highest BCUT2D eigenvalue weighted by Crippen LogP contribution is 2.24. The summed E-state index contributed by atoms with van der Waals surface area (Å²) >= 11 is 0. The number of amides is 1. The number of rotatable bonds is 66. The number of hydrogen-bond acceptors (Lipinski definition) is 8. The van der Waals surface area contributed by atoms with Crippen molar-refractivity contribution in [3.05, 3.63) is 0 Å². The lowest BCUT2D eigenvalue weighted by molar-refractivity contribution is -0.302. The fourth-order valence-corrected chi connectivity index (χ4v) is 12.5. The number of ether oxygens (including phenoxy) is 2. The van der Waals surface area contributed by atoms with Gasteiger partial charge in [0.25, 0.3) is 0 Å². The molecule has 7 unspecified atom stereocenters. The van der Waals surface area contributed by atoms with E-state index in [1.54, 1.807) is 0 Å². The second-order valence-corrected chi connectivity index (χ2v) is 26.1. The molecule has 9 heteroatoms. The Hall–Kier alpha value is -0.810. The molecule has 0 aliphatic carbocycles. The van der Waals surface area contributed by atoms with Crippen LogP contribution in [-0.4, -0.2) is 87.5 Å². The van der Waals surface area contributed by atoms with E-state index in [9.17, 15) is 30.3 Å². The first-order chi connectivity index (χ1) is 39.8. The number of unbranched alkanes of at least 4 members (excludes halogenated alkanes) is 56. The van der Waals surface area contributed by atoms with Crippen molar-refractivity contribution >= 4 is 5.91 Å². The van der Waals surface area contributed by atoms with Crippen molar-refractivity contribution in [2.75, 3.05) is 13.2 Å². The van der Waals surface area contributed by atoms with Crippen molar-refractivity contribution in [3.63, 3.8) is 0 Å². The summed E-state index contributed by atoms with van der Waals surface area (Å²) in [6, 6.07) is -0.715. The smallest absolute Gasteiger partial charge is 0.220 e. The molecular formula is C72H143NO8. The Kier molecular flexibility index (Phi) is 60.1. The lowest BCUT2D eigenvalue weighted by Gasteiger charge is -2.40. The minimum Gasteiger partial charge on any atom is -0.394 e. The van der Waals surface area contributed by atoms with E-state index in [0.717, 1.165) is 38.5 Å². The van der Waals surface area contributed by atoms with Crippen LogP contribution in [0.15, 0.2) is 0 Å². The van der Waals surface area contributed by atoms with Crippen molar-refractivity contribution < 1.29 is 39.8 Å². The third-order valence-electron chi connectivity index (χ3n) is 18.2. The summed E-state index contributed by atoms with van der Waals surface area (Å²) in [5, 5.41) is 55.0. The van der Waals surface area contributed by atoms with Gasteiger partial charge in [-0.2, -0.15) is 0 Å². The molecule has 0 aromatic carbocycles. The molecule has 0 spiro atoms. The predicted molar refractivity (Wildman–Crippen MR) is 346 cm³/mol. The fourth-order valence-electron chi connectivity index (χ4n) is 12.5. The number of aliphatic hydroxyl groups is 5. The number of carbonyl (C=O) groups excluding carboxylic acids is 1. The second-order valence-electron chi connectivity index (χ2n) is 26.1. The fraction of sp³-hybridized carbons (Fsp3) is 0.986. The average Bonchev–Trinajstić information content (AvgIpc) is 3.51. The SMILES string of the molecule is CCCCCCCCCCCCCCCCCCCCCCCCCCCCCCCCCCC(O)C(COC1OC(CO)C(O)C(O)C1O)NC(=O)CCCCCCCCCCCCCCCCCCCCCCCCCCCC. The van der Waals surface area contributed by atoms with Gasteiger partial charge in [-0.25, -0.2) is 0 Å². The van der Waals surface area contributed by atoms with Gasteiger partial charge in [0.2, 0.25) is 5.91 Å². The quantitative estimate of drug-likeness (QED) is 0.0330. The lowest BCUT2D eigenvalue weighted by Crippen LogP contribution is -2.60. The third kappa shape index (κ3) is 51.0. The Morgan fingerprint density at radius 1 is 0.370 bits per heavy atom. The molecular weight excluding hydrogens is 1010 g/mol. The monoisotopic (exact) mass is 1150 g/mol. The molecule has 0 radical (unpaired) electrons. The molecule has 7 atom stereocenters. The Labute approximate surface area is 504 Å². The Bertz CT molecular complexity index is 1240. The van der Waals surface area contributed by atoms with Gasteiger partial charge in [0.15, 0.2) is 6.29 Å². The van der Waals surface area contributed by atoms with E-state index < -0.39 is 49.5 Å². The Morgan fingerprint density at radius 3 is 0.877 bits per heavy atom. The Morgan fingerprint density at radius 2 is 0.617 bits per heavy atom. The van der Waals surface area contributed by atoms with Crippen LogP contribution in [0.1, 0.15) is 399 Å². The van der Waals surface area contributed by atoms with E-state index in [1.807, 2.05) is 0 Å². The molecule has 1 aliphatic rings. The maximum absolute atomic E-state index is 13.2. The molecule has 0 saturated carbocycles. The molecule has 0 aromatic rings. The molecule has 1 heterocycles. The summed E-state index contributed by atoms with van der Waals surface area (Å²) in [6.45, 7) is 3.91. The van der Waals surface area contributed by atoms with Gasteiger partial charge >= 0.3 is 0 Å². The number of carbonyl (C=O) groups is 1. The topological polar surface area (TPSA) is 149 Å². The van der Waals surface area contributed by atoms with Crippen LogP contribution < -0.4 is 5.32 Å². The predicted octanol–water partition coefficient (Wildman–Crippen LogP) is 20.1. The van der Waals surface area contributed by atoms with Gasteiger partial charge in [0.1, 0.15) is 24.4 Å². The van der Waals surface area contributed by atoms with Crippen LogP contribution in [0, 0.1) is 0 Å². The van der Waals surface area contributed by atoms with E-state index in [-0.39, 0.29) is 12.5 Å². The van der Waals surface area contributed by atoms with E-state index in [1.165, 1.54) is 334 Å². The number of nitrogens with one attached hydrogen (secondary N) is 1. The molecule has 0 bridgehead atoms. The van der Waals surface area contributed by atoms with Crippen molar-refractivity contribution in [2.45, 2.75) is 442 Å². The van der Waals surface area contributed by atoms with Crippen LogP contribution in [0.3, 0.4) is 0 Å². The first-order valence-corrected chi connectivity index (χ1v) is 36.7. The molecule has 81 heavy (non-hydrogen) atoms. The lowest BCUT2D eigenvalue weighted by atomic mass is 9.99. The van der Waals surface area contributed by atoms with Gasteiger partial charge in [-0.1, -0.05) is 380 Å². The largest absolute Gasteiger partial charge is 0.394 e. The van der Waals surface area contributed by atoms with Crippen molar-refractivity contribution in [1.82, 2.24) is 5.32 Å². The second kappa shape index (κ2) is 62.2. The first-order valence-electron chi connectivity index (χ1n) is 36.7. The van der Waals surface area contributed by atoms with Gasteiger partial charge < -0.3 is 40.3 Å². The van der Waals surface area contributed by atoms with Crippen molar-refractivity contribution in [2.24, 2.45) is 0 Å². The highest BCUT2D eigenvalue weighted by molar-refractivity contribution is 5.76. The van der Waals surface area contributed by atoms with Crippen LogP contribution in [0.25, 0.3) is 0 Å². The molecule has 1 rings (SSSR count). The molecule has 9 nitrogen and oxygen atoms in total. The third-order valence-corrected chi connectivity index (χ3v) is 18.2. The van der Waals surface area contributed by atoms with Crippen LogP contribution in [0.5, 0.6) is 0 Å². The average molecular weight is 1150 g/mol. The zero-order chi connectivity index (χ0) is 58.6. The highest BCUT2D eigenvalue weighted by atomic mass is 16.7. The molecule has 1 aliphatic heterocycles. The molecule has 0 aromatic heterocycles. The van der Waals surface area contributed by atoms with Gasteiger partial charge in [0, 0.05) is 6.42 Å². The summed E-state index contributed by atoms with van der Waals surface area (Å²) in [5.74, 6) is -0.133. The molecule has 1 saturated heterocycles. The van der Waals surface area contributed by atoms with Gasteiger partial charge in [-0.3, -0.25) is 4.79 Å². The summed E-state index contributed by atoms with van der Waals surface area (Å²) in [4.78, 5) is 13.2. The number of aliphatic hydroxyl groups excluding tert-OH is 5. The van der Waals surface area contributed by atoms with E-state index in [0.29, 0.717) is 12.8 Å². The maximum atomic E-state index is 13.2. The summed E-state index contributed by atoms with van der Waals surface area (Å²) in [6.07, 6.45) is 71.9. The van der Waals surface area contributed by atoms with Gasteiger partial charge in [-0.15, -0.1) is 0 Å². The zero-order valence-corrected chi connectivity index (χ0v) is 54.3. The number of hydrogen-bond donors (Lipinski definition) is 6. The molecule has 484 valence electrons. The van der Waals surface area contributed by atoms with Crippen LogP contribution in [-0.2, 0) is 14.3 Å². The summed E-state index contributed by atoms with van der Waals surface area (Å²) in [5.41, 5.74) is 0. The first kappa shape index (κ1) is 78.2. The zero-order valence-electron chi connectivity index (χ0n) is 54.3. The van der Waals surface area contributed by atoms with Crippen LogP contribution >= 0.6 is 0 Å². The maximum Gasteiger partial charge on any atom is 0.220 e. The molecule has 6 N–H and O–H groups in total. The highest BCUT2D eigenvalue weighted by Gasteiger charge is 2.44. The van der Waals surface area contributed by atoms with E-state index in [2.05, 4.69) is 19.2 Å². The normalized spacial score (nSPS) is 18.2. The minimum absolute atomic E-state index is 0.130. The molecule has 1 amide bonds. The van der Waals surface area contributed by atoms with Crippen molar-refractivity contribution in [3.8, 4) is 0 Å². The van der Waals surface area contributed by atoms with E-state index in [4.69, 9.17) is 9.47 Å².